The highest BCUT2D eigenvalue weighted by molar-refractivity contribution is 5.85. The summed E-state index contributed by atoms with van der Waals surface area (Å²) in [5.74, 6) is -5.05. The van der Waals surface area contributed by atoms with Crippen LogP contribution in [0.2, 0.25) is 0 Å². The normalized spacial score (nSPS) is 33.3. The summed E-state index contributed by atoms with van der Waals surface area (Å²) in [7, 11) is 0. The summed E-state index contributed by atoms with van der Waals surface area (Å²) in [5.41, 5.74) is -3.66. The number of halogens is 2. The van der Waals surface area contributed by atoms with Crippen LogP contribution in [0.5, 0.6) is 0 Å². The molecule has 1 aliphatic carbocycles. The molecule has 2 aliphatic heterocycles. The molecule has 1 spiro atoms. The summed E-state index contributed by atoms with van der Waals surface area (Å²) in [6, 6.07) is 0. The van der Waals surface area contributed by atoms with Crippen LogP contribution in [0.25, 0.3) is 0 Å². The van der Waals surface area contributed by atoms with Crippen LogP contribution in [0.3, 0.4) is 0 Å². The van der Waals surface area contributed by atoms with Crippen LogP contribution in [0.4, 0.5) is 8.78 Å². The Bertz CT molecular complexity index is 482. The van der Waals surface area contributed by atoms with Crippen molar-refractivity contribution in [3.63, 3.8) is 0 Å². The van der Waals surface area contributed by atoms with Gasteiger partial charge in [-0.3, -0.25) is 4.79 Å². The number of amides is 1. The molecule has 7 heteroatoms. The molecule has 1 saturated carbocycles. The van der Waals surface area contributed by atoms with E-state index in [9.17, 15) is 18.7 Å². The van der Waals surface area contributed by atoms with Gasteiger partial charge in [0.05, 0.1) is 18.8 Å². The van der Waals surface area contributed by atoms with E-state index >= 15 is 0 Å². The Morgan fingerprint density at radius 2 is 1.83 bits per heavy atom. The van der Waals surface area contributed by atoms with Gasteiger partial charge in [-0.1, -0.05) is 12.8 Å². The minimum Gasteiger partial charge on any atom is -0.383 e. The van der Waals surface area contributed by atoms with Gasteiger partial charge in [0.1, 0.15) is 11.2 Å². The molecule has 3 rings (SSSR count). The van der Waals surface area contributed by atoms with Crippen molar-refractivity contribution >= 4 is 5.91 Å². The van der Waals surface area contributed by atoms with E-state index in [1.807, 2.05) is 0 Å². The number of carbonyl (C=O) groups is 1. The fourth-order valence-electron chi connectivity index (χ4n) is 4.12. The van der Waals surface area contributed by atoms with Crippen LogP contribution in [0, 0.1) is 0 Å². The van der Waals surface area contributed by atoms with E-state index in [1.54, 1.807) is 13.8 Å². The van der Waals surface area contributed by atoms with Crippen LogP contribution in [0.15, 0.2) is 0 Å². The Hall–Kier alpha value is -0.790. The second kappa shape index (κ2) is 5.36. The predicted molar refractivity (Wildman–Crippen MR) is 78.3 cm³/mol. The number of ether oxygens (including phenoxy) is 2. The molecule has 23 heavy (non-hydrogen) atoms. The van der Waals surface area contributed by atoms with Crippen LogP contribution >= 0.6 is 0 Å². The highest BCUT2D eigenvalue weighted by Crippen LogP contribution is 2.44. The average molecular weight is 333 g/mol. The van der Waals surface area contributed by atoms with E-state index in [2.05, 4.69) is 0 Å². The van der Waals surface area contributed by atoms with Crippen LogP contribution in [-0.2, 0) is 14.3 Å². The van der Waals surface area contributed by atoms with E-state index in [0.29, 0.717) is 32.5 Å². The fourth-order valence-corrected chi connectivity index (χ4v) is 4.12. The standard InChI is InChI=1S/C16H25F2NO4/c1-13(2)9-19(10-14(23-13)7-8-22-11-14)12(20)16(17,18)15(21)5-3-4-6-15/h21H,3-11H2,1-2H3. The number of hydrogen-bond acceptors (Lipinski definition) is 4. The monoisotopic (exact) mass is 333 g/mol. The second-order valence-electron chi connectivity index (χ2n) is 7.82. The third kappa shape index (κ3) is 2.87. The number of morpholine rings is 1. The zero-order valence-corrected chi connectivity index (χ0v) is 13.7. The smallest absolute Gasteiger partial charge is 0.352 e. The second-order valence-corrected chi connectivity index (χ2v) is 7.82. The number of nitrogens with zero attached hydrogens (tertiary/aromatic N) is 1. The molecular formula is C16H25F2NO4. The number of carbonyl (C=O) groups excluding carboxylic acids is 1. The molecule has 132 valence electrons. The van der Waals surface area contributed by atoms with Gasteiger partial charge >= 0.3 is 5.92 Å². The Morgan fingerprint density at radius 3 is 2.39 bits per heavy atom. The highest BCUT2D eigenvalue weighted by Gasteiger charge is 2.62. The molecule has 1 unspecified atom stereocenters. The summed E-state index contributed by atoms with van der Waals surface area (Å²) < 4.78 is 40.8. The number of hydrogen-bond donors (Lipinski definition) is 1. The summed E-state index contributed by atoms with van der Waals surface area (Å²) >= 11 is 0. The first-order chi connectivity index (χ1) is 10.6. The first kappa shape index (κ1) is 17.0. The maximum Gasteiger partial charge on any atom is 0.352 e. The molecule has 0 aromatic heterocycles. The van der Waals surface area contributed by atoms with Crippen LogP contribution in [-0.4, -0.2) is 64.9 Å². The lowest BCUT2D eigenvalue weighted by Crippen LogP contribution is -2.66. The Balaban J connectivity index is 1.83. The number of aliphatic hydroxyl groups is 1. The minimum absolute atomic E-state index is 0.0340. The quantitative estimate of drug-likeness (QED) is 0.836. The summed E-state index contributed by atoms with van der Waals surface area (Å²) in [6.45, 7) is 4.54. The minimum atomic E-state index is -3.77. The van der Waals surface area contributed by atoms with Gasteiger partial charge in [0, 0.05) is 19.6 Å². The zero-order chi connectivity index (χ0) is 16.9. The molecular weight excluding hydrogens is 308 g/mol. The van der Waals surface area contributed by atoms with Gasteiger partial charge < -0.3 is 19.5 Å². The third-order valence-corrected chi connectivity index (χ3v) is 5.18. The molecule has 0 bridgehead atoms. The summed E-state index contributed by atoms with van der Waals surface area (Å²) in [6.07, 6.45) is 1.55. The van der Waals surface area contributed by atoms with E-state index in [0.717, 1.165) is 4.90 Å². The fraction of sp³-hybridized carbons (Fsp3) is 0.938. The topological polar surface area (TPSA) is 59.0 Å². The molecule has 5 nitrogen and oxygen atoms in total. The Morgan fingerprint density at radius 1 is 1.17 bits per heavy atom. The van der Waals surface area contributed by atoms with E-state index in [1.165, 1.54) is 0 Å². The molecule has 1 N–H and O–H groups in total. The predicted octanol–water partition coefficient (Wildman–Crippen LogP) is 1.72. The average Bonchev–Trinajstić information content (AvgIpc) is 3.06. The SMILES string of the molecule is CC1(C)CN(C(=O)C(F)(F)C2(O)CCCC2)CC2(CCOC2)O1. The maximum atomic E-state index is 14.7. The van der Waals surface area contributed by atoms with Crippen molar-refractivity contribution in [1.29, 1.82) is 0 Å². The van der Waals surface area contributed by atoms with Crippen molar-refractivity contribution in [2.24, 2.45) is 0 Å². The van der Waals surface area contributed by atoms with Crippen LogP contribution < -0.4 is 0 Å². The van der Waals surface area contributed by atoms with Crippen molar-refractivity contribution in [3.05, 3.63) is 0 Å². The van der Waals surface area contributed by atoms with Crippen molar-refractivity contribution < 1.29 is 28.2 Å². The maximum absolute atomic E-state index is 14.7. The molecule has 2 heterocycles. The third-order valence-electron chi connectivity index (χ3n) is 5.18. The van der Waals surface area contributed by atoms with Crippen molar-refractivity contribution in [2.75, 3.05) is 26.3 Å². The zero-order valence-electron chi connectivity index (χ0n) is 13.7. The lowest BCUT2D eigenvalue weighted by molar-refractivity contribution is -0.227. The first-order valence-electron chi connectivity index (χ1n) is 8.27. The van der Waals surface area contributed by atoms with E-state index in [-0.39, 0.29) is 25.9 Å². The van der Waals surface area contributed by atoms with Gasteiger partial charge in [-0.15, -0.1) is 0 Å². The van der Waals surface area contributed by atoms with Gasteiger partial charge in [-0.2, -0.15) is 8.78 Å². The van der Waals surface area contributed by atoms with Crippen molar-refractivity contribution in [3.8, 4) is 0 Å². The Kier molecular flexibility index (Phi) is 3.97. The molecule has 2 saturated heterocycles. The Labute approximate surface area is 134 Å². The molecule has 1 atom stereocenters. The number of rotatable bonds is 2. The lowest BCUT2D eigenvalue weighted by atomic mass is 9.90. The van der Waals surface area contributed by atoms with E-state index < -0.39 is 28.6 Å². The molecule has 0 aromatic rings. The molecule has 0 radical (unpaired) electrons. The number of alkyl halides is 2. The van der Waals surface area contributed by atoms with Gasteiger partial charge in [-0.25, -0.2) is 0 Å². The molecule has 3 fully saturated rings. The molecule has 3 aliphatic rings. The first-order valence-corrected chi connectivity index (χ1v) is 8.27. The van der Waals surface area contributed by atoms with Crippen LogP contribution in [0.1, 0.15) is 46.0 Å². The highest BCUT2D eigenvalue weighted by atomic mass is 19.3. The van der Waals surface area contributed by atoms with E-state index in [4.69, 9.17) is 9.47 Å². The molecule has 1 amide bonds. The van der Waals surface area contributed by atoms with Gasteiger partial charge in [-0.05, 0) is 26.7 Å². The van der Waals surface area contributed by atoms with Crippen molar-refractivity contribution in [2.45, 2.75) is 68.7 Å². The van der Waals surface area contributed by atoms with Gasteiger partial charge in [0.15, 0.2) is 0 Å². The van der Waals surface area contributed by atoms with Crippen molar-refractivity contribution in [1.82, 2.24) is 4.90 Å². The summed E-state index contributed by atoms with van der Waals surface area (Å²) in [4.78, 5) is 13.7. The largest absolute Gasteiger partial charge is 0.383 e. The lowest BCUT2D eigenvalue weighted by Gasteiger charge is -2.49. The molecule has 0 aromatic carbocycles. The van der Waals surface area contributed by atoms with Gasteiger partial charge in [0.2, 0.25) is 0 Å². The summed E-state index contributed by atoms with van der Waals surface area (Å²) in [5, 5.41) is 10.3. The van der Waals surface area contributed by atoms with Gasteiger partial charge in [0.25, 0.3) is 5.91 Å².